The average molecular weight is 456 g/mol. The number of amides is 1. The highest BCUT2D eigenvalue weighted by molar-refractivity contribution is 8.00. The number of hydrogen-bond acceptors (Lipinski definition) is 8. The van der Waals surface area contributed by atoms with Crippen LogP contribution in [-0.2, 0) is 5.75 Å². The number of thiazole rings is 1. The Bertz CT molecular complexity index is 1040. The van der Waals surface area contributed by atoms with E-state index < -0.39 is 4.92 Å². The second kappa shape index (κ2) is 9.88. The molecule has 0 aliphatic carbocycles. The summed E-state index contributed by atoms with van der Waals surface area (Å²) >= 11 is 3.31. The number of aromatic nitrogens is 2. The van der Waals surface area contributed by atoms with Crippen LogP contribution < -0.4 is 5.32 Å². The van der Waals surface area contributed by atoms with Gasteiger partial charge in [-0.25, -0.2) is 4.98 Å². The summed E-state index contributed by atoms with van der Waals surface area (Å²) in [7, 11) is 0. The van der Waals surface area contributed by atoms with Crippen LogP contribution in [0.3, 0.4) is 0 Å². The van der Waals surface area contributed by atoms with E-state index in [0.29, 0.717) is 18.7 Å². The van der Waals surface area contributed by atoms with Crippen molar-refractivity contribution in [2.45, 2.75) is 28.8 Å². The fourth-order valence-electron chi connectivity index (χ4n) is 3.38. The minimum Gasteiger partial charge on any atom is -0.357 e. The van der Waals surface area contributed by atoms with Crippen LogP contribution in [0.15, 0.2) is 59.1 Å². The fourth-order valence-corrected chi connectivity index (χ4v) is 5.25. The van der Waals surface area contributed by atoms with E-state index in [4.69, 9.17) is 0 Å². The molecule has 1 aliphatic heterocycles. The van der Waals surface area contributed by atoms with Crippen molar-refractivity contribution in [2.75, 3.05) is 18.4 Å². The minimum atomic E-state index is -0.466. The molecule has 2 aromatic heterocycles. The highest BCUT2D eigenvalue weighted by atomic mass is 32.2. The lowest BCUT2D eigenvalue weighted by atomic mass is 10.0. The van der Waals surface area contributed by atoms with Gasteiger partial charge in [-0.2, -0.15) is 0 Å². The van der Waals surface area contributed by atoms with Gasteiger partial charge in [-0.15, -0.1) is 11.8 Å². The van der Waals surface area contributed by atoms with Crippen LogP contribution in [0.1, 0.15) is 28.9 Å². The van der Waals surface area contributed by atoms with Gasteiger partial charge in [-0.05, 0) is 37.1 Å². The van der Waals surface area contributed by atoms with Crippen molar-refractivity contribution in [1.29, 1.82) is 0 Å². The zero-order valence-corrected chi connectivity index (χ0v) is 18.3. The number of nitro groups is 1. The summed E-state index contributed by atoms with van der Waals surface area (Å²) in [6.07, 6.45) is 5.51. The number of carbonyl (C=O) groups is 1. The van der Waals surface area contributed by atoms with Gasteiger partial charge in [0.1, 0.15) is 0 Å². The van der Waals surface area contributed by atoms with Crippen LogP contribution in [-0.4, -0.2) is 44.8 Å². The van der Waals surface area contributed by atoms with Gasteiger partial charge >= 0.3 is 0 Å². The Morgan fingerprint density at radius 3 is 2.84 bits per heavy atom. The molecular formula is C21H21N5O3S2. The number of non-ortho nitro benzene ring substituents is 1. The maximum absolute atomic E-state index is 12.8. The number of nitrogens with zero attached hydrogens (tertiary/aromatic N) is 4. The predicted octanol–water partition coefficient (Wildman–Crippen LogP) is 4.46. The first-order valence-electron chi connectivity index (χ1n) is 9.87. The number of nitrogens with one attached hydrogen (secondary N) is 1. The van der Waals surface area contributed by atoms with E-state index >= 15 is 0 Å². The van der Waals surface area contributed by atoms with E-state index in [1.54, 1.807) is 34.2 Å². The maximum atomic E-state index is 12.8. The molecule has 0 spiro atoms. The van der Waals surface area contributed by atoms with Crippen molar-refractivity contribution >= 4 is 39.8 Å². The van der Waals surface area contributed by atoms with E-state index in [-0.39, 0.29) is 17.6 Å². The number of pyridine rings is 1. The predicted molar refractivity (Wildman–Crippen MR) is 122 cm³/mol. The standard InChI is InChI=1S/C21H21N5O3S2/c27-20(15-6-8-18(9-7-15)26(28)29)25-11-3-5-16(13-25)24-21-23-12-19(31-21)30-14-17-4-1-2-10-22-17/h1-2,4,6-10,12,16H,3,5,11,13-14H2,(H,23,24). The first-order chi connectivity index (χ1) is 15.1. The summed E-state index contributed by atoms with van der Waals surface area (Å²) in [5, 5.41) is 15.1. The van der Waals surface area contributed by atoms with Crippen LogP contribution in [0.4, 0.5) is 10.8 Å². The average Bonchev–Trinajstić information content (AvgIpc) is 3.25. The van der Waals surface area contributed by atoms with Crippen LogP contribution in [0, 0.1) is 10.1 Å². The van der Waals surface area contributed by atoms with E-state index in [2.05, 4.69) is 15.3 Å². The molecule has 160 valence electrons. The lowest BCUT2D eigenvalue weighted by Crippen LogP contribution is -2.45. The number of likely N-dealkylation sites (tertiary alicyclic amines) is 1. The van der Waals surface area contributed by atoms with E-state index in [9.17, 15) is 14.9 Å². The third-order valence-corrected chi connectivity index (χ3v) is 7.09. The molecule has 31 heavy (non-hydrogen) atoms. The summed E-state index contributed by atoms with van der Waals surface area (Å²) in [4.78, 5) is 33.8. The maximum Gasteiger partial charge on any atom is 0.269 e. The summed E-state index contributed by atoms with van der Waals surface area (Å²) in [5.74, 6) is 0.691. The van der Waals surface area contributed by atoms with Gasteiger partial charge in [0.15, 0.2) is 5.13 Å². The number of thioether (sulfide) groups is 1. The zero-order chi connectivity index (χ0) is 21.6. The monoisotopic (exact) mass is 455 g/mol. The number of nitro benzene ring substituents is 1. The van der Waals surface area contributed by atoms with Crippen molar-refractivity contribution in [2.24, 2.45) is 0 Å². The van der Waals surface area contributed by atoms with Gasteiger partial charge in [0.25, 0.3) is 11.6 Å². The van der Waals surface area contributed by atoms with Gasteiger partial charge in [0.05, 0.1) is 21.0 Å². The third kappa shape index (κ3) is 5.59. The van der Waals surface area contributed by atoms with Gasteiger partial charge < -0.3 is 10.2 Å². The molecule has 1 saturated heterocycles. The second-order valence-corrected chi connectivity index (χ2v) is 9.44. The van der Waals surface area contributed by atoms with Crippen molar-refractivity contribution in [3.05, 3.63) is 76.2 Å². The molecule has 3 aromatic rings. The van der Waals surface area contributed by atoms with Crippen molar-refractivity contribution in [3.63, 3.8) is 0 Å². The molecule has 1 N–H and O–H groups in total. The highest BCUT2D eigenvalue weighted by Crippen LogP contribution is 2.31. The molecule has 8 nitrogen and oxygen atoms in total. The third-order valence-electron chi connectivity index (χ3n) is 4.93. The summed E-state index contributed by atoms with van der Waals surface area (Å²) in [6.45, 7) is 1.25. The van der Waals surface area contributed by atoms with Crippen molar-refractivity contribution in [3.8, 4) is 0 Å². The minimum absolute atomic E-state index is 0.0183. The van der Waals surface area contributed by atoms with Gasteiger partial charge in [-0.3, -0.25) is 19.9 Å². The van der Waals surface area contributed by atoms with Gasteiger partial charge in [-0.1, -0.05) is 17.4 Å². The summed E-state index contributed by atoms with van der Waals surface area (Å²) in [5.41, 5.74) is 1.48. The molecule has 1 fully saturated rings. The first kappa shape index (κ1) is 21.3. The molecule has 1 atom stereocenters. The normalized spacial score (nSPS) is 16.1. The Hall–Kier alpha value is -2.98. The van der Waals surface area contributed by atoms with E-state index in [1.165, 1.54) is 24.3 Å². The van der Waals surface area contributed by atoms with Gasteiger partial charge in [0.2, 0.25) is 0 Å². The SMILES string of the molecule is O=C(c1ccc([N+](=O)[O-])cc1)N1CCCC(Nc2ncc(SCc3ccccn3)s2)C1. The van der Waals surface area contributed by atoms with E-state index in [1.807, 2.05) is 24.4 Å². The number of piperidine rings is 1. The topological polar surface area (TPSA) is 101 Å². The number of carbonyl (C=O) groups excluding carboxylic acids is 1. The highest BCUT2D eigenvalue weighted by Gasteiger charge is 2.25. The Kier molecular flexibility index (Phi) is 6.78. The number of hydrogen-bond donors (Lipinski definition) is 1. The summed E-state index contributed by atoms with van der Waals surface area (Å²) < 4.78 is 1.11. The zero-order valence-electron chi connectivity index (χ0n) is 16.6. The lowest BCUT2D eigenvalue weighted by Gasteiger charge is -2.33. The molecule has 1 aromatic carbocycles. The Morgan fingerprint density at radius 1 is 1.26 bits per heavy atom. The van der Waals surface area contributed by atoms with Crippen LogP contribution in [0.25, 0.3) is 0 Å². The number of benzene rings is 1. The Morgan fingerprint density at radius 2 is 2.10 bits per heavy atom. The molecule has 1 amide bonds. The van der Waals surface area contributed by atoms with Crippen LogP contribution in [0.2, 0.25) is 0 Å². The molecular weight excluding hydrogens is 434 g/mol. The molecule has 4 rings (SSSR count). The first-order valence-corrected chi connectivity index (χ1v) is 11.7. The Labute approximate surface area is 187 Å². The van der Waals surface area contributed by atoms with Crippen molar-refractivity contribution < 1.29 is 9.72 Å². The summed E-state index contributed by atoms with van der Waals surface area (Å²) in [6, 6.07) is 11.8. The van der Waals surface area contributed by atoms with Crippen LogP contribution >= 0.6 is 23.1 Å². The molecule has 0 saturated carbocycles. The molecule has 0 bridgehead atoms. The molecule has 1 unspecified atom stereocenters. The molecule has 1 aliphatic rings. The van der Waals surface area contributed by atoms with Crippen LogP contribution in [0.5, 0.6) is 0 Å². The smallest absolute Gasteiger partial charge is 0.269 e. The van der Waals surface area contributed by atoms with E-state index in [0.717, 1.165) is 33.6 Å². The fraction of sp³-hybridized carbons (Fsp3) is 0.286. The number of rotatable bonds is 7. The number of anilines is 1. The van der Waals surface area contributed by atoms with Gasteiger partial charge in [0, 0.05) is 48.8 Å². The molecule has 3 heterocycles. The largest absolute Gasteiger partial charge is 0.357 e. The molecule has 0 radical (unpaired) electrons. The second-order valence-electron chi connectivity index (χ2n) is 7.13. The quantitative estimate of drug-likeness (QED) is 0.319. The lowest BCUT2D eigenvalue weighted by molar-refractivity contribution is -0.384. The Balaban J connectivity index is 1.32. The molecule has 10 heteroatoms. The van der Waals surface area contributed by atoms with Crippen molar-refractivity contribution in [1.82, 2.24) is 14.9 Å².